The Hall–Kier alpha value is -2.84. The monoisotopic (exact) mass is 431 g/mol. The zero-order valence-corrected chi connectivity index (χ0v) is 17.8. The van der Waals surface area contributed by atoms with Crippen LogP contribution in [0.25, 0.3) is 11.0 Å². The first-order valence-corrected chi connectivity index (χ1v) is 10.2. The van der Waals surface area contributed by atoms with Gasteiger partial charge in [0.25, 0.3) is 0 Å². The number of halogens is 1. The molecule has 3 aromatic rings. The number of nitrogens with one attached hydrogen (secondary N) is 1. The summed E-state index contributed by atoms with van der Waals surface area (Å²) in [4.78, 5) is 15.5. The van der Waals surface area contributed by atoms with Crippen LogP contribution in [0.15, 0.2) is 30.6 Å². The molecule has 0 spiro atoms. The van der Waals surface area contributed by atoms with Gasteiger partial charge in [-0.25, -0.2) is 9.67 Å². The van der Waals surface area contributed by atoms with Crippen molar-refractivity contribution in [3.05, 3.63) is 46.7 Å². The molecule has 0 saturated heterocycles. The molecule has 8 nitrogen and oxygen atoms in total. The maximum Gasteiger partial charge on any atom is 0.217 e. The Labute approximate surface area is 180 Å². The smallest absolute Gasteiger partial charge is 0.217 e. The van der Waals surface area contributed by atoms with Crippen LogP contribution in [-0.4, -0.2) is 32.9 Å². The van der Waals surface area contributed by atoms with Gasteiger partial charge in [-0.05, 0) is 37.5 Å². The van der Waals surface area contributed by atoms with Crippen LogP contribution in [0, 0.1) is 0 Å². The minimum atomic E-state index is -0.784. The summed E-state index contributed by atoms with van der Waals surface area (Å²) in [6.07, 6.45) is 3.75. The molecule has 0 aliphatic heterocycles. The zero-order chi connectivity index (χ0) is 21.7. The quantitative estimate of drug-likeness (QED) is 0.453. The van der Waals surface area contributed by atoms with Gasteiger partial charge in [-0.2, -0.15) is 5.10 Å². The van der Waals surface area contributed by atoms with E-state index in [0.717, 1.165) is 22.3 Å². The number of carbonyl (C=O) groups is 1. The van der Waals surface area contributed by atoms with E-state index >= 15 is 0 Å². The van der Waals surface area contributed by atoms with Gasteiger partial charge in [0.1, 0.15) is 5.75 Å². The minimum absolute atomic E-state index is 0.230. The third-order valence-corrected chi connectivity index (χ3v) is 5.24. The number of aliphatic hydroxyl groups excluding tert-OH is 1. The summed E-state index contributed by atoms with van der Waals surface area (Å²) in [6.45, 7) is 3.17. The molecule has 0 saturated carbocycles. The summed E-state index contributed by atoms with van der Waals surface area (Å²) < 4.78 is 7.00. The minimum Gasteiger partial charge on any atom is -0.495 e. The van der Waals surface area contributed by atoms with E-state index in [-0.39, 0.29) is 12.3 Å². The highest BCUT2D eigenvalue weighted by Gasteiger charge is 2.19. The second-order valence-electron chi connectivity index (χ2n) is 6.98. The van der Waals surface area contributed by atoms with Gasteiger partial charge in [-0.1, -0.05) is 17.7 Å². The van der Waals surface area contributed by atoms with Crippen molar-refractivity contribution in [1.82, 2.24) is 14.8 Å². The molecule has 30 heavy (non-hydrogen) atoms. The number of amides is 1. The molecule has 1 amide bonds. The summed E-state index contributed by atoms with van der Waals surface area (Å²) in [5, 5.41) is 19.9. The van der Waals surface area contributed by atoms with Crippen molar-refractivity contribution in [3.8, 4) is 5.75 Å². The van der Waals surface area contributed by atoms with Gasteiger partial charge in [-0.15, -0.1) is 0 Å². The van der Waals surface area contributed by atoms with Gasteiger partial charge in [0, 0.05) is 31.3 Å². The Balaban J connectivity index is 1.90. The Bertz CT molecular complexity index is 1040. The predicted octanol–water partition coefficient (Wildman–Crippen LogP) is 3.41. The molecule has 0 fully saturated rings. The maximum atomic E-state index is 11.0. The lowest BCUT2D eigenvalue weighted by atomic mass is 10.0. The first kappa shape index (κ1) is 21.9. The van der Waals surface area contributed by atoms with Crippen LogP contribution in [0.3, 0.4) is 0 Å². The van der Waals surface area contributed by atoms with Crippen molar-refractivity contribution in [2.45, 2.75) is 45.4 Å². The number of hydrogen-bond acceptors (Lipinski definition) is 6. The highest BCUT2D eigenvalue weighted by Crippen LogP contribution is 2.33. The fourth-order valence-corrected chi connectivity index (χ4v) is 3.64. The van der Waals surface area contributed by atoms with Gasteiger partial charge in [0.05, 0.1) is 35.5 Å². The molecule has 2 aromatic heterocycles. The number of anilines is 1. The van der Waals surface area contributed by atoms with Crippen LogP contribution in [0.1, 0.15) is 43.4 Å². The summed E-state index contributed by atoms with van der Waals surface area (Å²) >= 11 is 6.24. The number of aromatic nitrogens is 3. The lowest BCUT2D eigenvalue weighted by Crippen LogP contribution is -2.11. The maximum absolute atomic E-state index is 11.0. The van der Waals surface area contributed by atoms with Crippen LogP contribution in [-0.2, 0) is 17.9 Å². The van der Waals surface area contributed by atoms with Crippen molar-refractivity contribution in [1.29, 1.82) is 0 Å². The Morgan fingerprint density at radius 1 is 1.40 bits per heavy atom. The van der Waals surface area contributed by atoms with Gasteiger partial charge in [0.15, 0.2) is 5.65 Å². The normalized spacial score (nSPS) is 12.1. The molecule has 3 rings (SSSR count). The van der Waals surface area contributed by atoms with Crippen molar-refractivity contribution in [2.24, 2.45) is 5.73 Å². The second kappa shape index (κ2) is 9.77. The van der Waals surface area contributed by atoms with Crippen LogP contribution in [0.4, 0.5) is 5.69 Å². The molecule has 1 atom stereocenters. The summed E-state index contributed by atoms with van der Waals surface area (Å²) in [5.41, 5.74) is 8.32. The van der Waals surface area contributed by atoms with E-state index < -0.39 is 6.10 Å². The number of carbonyl (C=O) groups excluding carboxylic acids is 1. The number of ether oxygens (including phenoxy) is 1. The highest BCUT2D eigenvalue weighted by molar-refractivity contribution is 6.32. The number of aliphatic hydroxyl groups is 1. The lowest BCUT2D eigenvalue weighted by molar-refractivity contribution is -0.118. The predicted molar refractivity (Wildman–Crippen MR) is 117 cm³/mol. The van der Waals surface area contributed by atoms with Crippen LogP contribution in [0.2, 0.25) is 5.02 Å². The second-order valence-corrected chi connectivity index (χ2v) is 7.39. The van der Waals surface area contributed by atoms with Crippen molar-refractivity contribution in [2.75, 3.05) is 12.4 Å². The summed E-state index contributed by atoms with van der Waals surface area (Å²) in [6, 6.07) is 5.58. The molecule has 4 N–H and O–H groups in total. The standard InChI is InChI=1S/C21H26ClN5O3/c1-3-27-21-15(12-26-27)20(14(11-25-21)17(28)5-4-6-19(23)29)24-10-13-7-8-18(30-2)16(22)9-13/h7-9,11-12,17,28H,3-6,10H2,1-2H3,(H2,23,29)(H,24,25). The topological polar surface area (TPSA) is 115 Å². The Kier molecular flexibility index (Phi) is 7.12. The Morgan fingerprint density at radius 2 is 2.20 bits per heavy atom. The number of benzene rings is 1. The van der Waals surface area contributed by atoms with Gasteiger partial charge in [0.2, 0.25) is 5.91 Å². The Morgan fingerprint density at radius 3 is 2.87 bits per heavy atom. The number of nitrogens with zero attached hydrogens (tertiary/aromatic N) is 3. The SMILES string of the molecule is CCn1ncc2c(NCc3ccc(OC)c(Cl)c3)c(C(O)CCCC(N)=O)cnc21. The number of pyridine rings is 1. The number of primary amides is 1. The first-order chi connectivity index (χ1) is 14.4. The molecule has 2 heterocycles. The molecule has 0 aliphatic rings. The molecule has 1 unspecified atom stereocenters. The molecule has 1 aromatic carbocycles. The number of hydrogen-bond donors (Lipinski definition) is 3. The van der Waals surface area contributed by atoms with E-state index in [9.17, 15) is 9.90 Å². The van der Waals surface area contributed by atoms with E-state index in [0.29, 0.717) is 42.3 Å². The zero-order valence-electron chi connectivity index (χ0n) is 17.1. The third-order valence-electron chi connectivity index (χ3n) is 4.94. The van der Waals surface area contributed by atoms with Crippen molar-refractivity contribution < 1.29 is 14.6 Å². The molecule has 0 bridgehead atoms. The van der Waals surface area contributed by atoms with Gasteiger partial charge >= 0.3 is 0 Å². The van der Waals surface area contributed by atoms with Crippen molar-refractivity contribution >= 4 is 34.2 Å². The van der Waals surface area contributed by atoms with E-state index in [2.05, 4.69) is 15.4 Å². The average Bonchev–Trinajstić information content (AvgIpc) is 3.15. The van der Waals surface area contributed by atoms with E-state index in [1.807, 2.05) is 25.1 Å². The summed E-state index contributed by atoms with van der Waals surface area (Å²) in [5.74, 6) is 0.233. The number of aryl methyl sites for hydroxylation is 1. The molecular formula is C21H26ClN5O3. The highest BCUT2D eigenvalue weighted by atomic mass is 35.5. The first-order valence-electron chi connectivity index (χ1n) is 9.81. The van der Waals surface area contributed by atoms with Crippen LogP contribution >= 0.6 is 11.6 Å². The van der Waals surface area contributed by atoms with E-state index in [4.69, 9.17) is 22.1 Å². The summed E-state index contributed by atoms with van der Waals surface area (Å²) in [7, 11) is 1.57. The lowest BCUT2D eigenvalue weighted by Gasteiger charge is -2.18. The van der Waals surface area contributed by atoms with E-state index in [1.165, 1.54) is 0 Å². The number of methoxy groups -OCH3 is 1. The average molecular weight is 432 g/mol. The fraction of sp³-hybridized carbons (Fsp3) is 0.381. The largest absolute Gasteiger partial charge is 0.495 e. The van der Waals surface area contributed by atoms with Gasteiger partial charge in [-0.3, -0.25) is 4.79 Å². The van der Waals surface area contributed by atoms with Crippen LogP contribution < -0.4 is 15.8 Å². The number of fused-ring (bicyclic) bond motifs is 1. The molecular weight excluding hydrogens is 406 g/mol. The fourth-order valence-electron chi connectivity index (χ4n) is 3.36. The van der Waals surface area contributed by atoms with E-state index in [1.54, 1.807) is 24.2 Å². The molecule has 160 valence electrons. The number of nitrogens with two attached hydrogens (primary N) is 1. The number of rotatable bonds is 10. The molecule has 0 aliphatic carbocycles. The molecule has 0 radical (unpaired) electrons. The van der Waals surface area contributed by atoms with Crippen molar-refractivity contribution in [3.63, 3.8) is 0 Å². The van der Waals surface area contributed by atoms with Crippen LogP contribution in [0.5, 0.6) is 5.75 Å². The molecule has 9 heteroatoms. The third kappa shape index (κ3) is 4.83. The van der Waals surface area contributed by atoms with Gasteiger partial charge < -0.3 is 20.9 Å².